The van der Waals surface area contributed by atoms with Gasteiger partial charge in [0.25, 0.3) is 17.5 Å². The molecule has 1 aromatic carbocycles. The van der Waals surface area contributed by atoms with E-state index in [4.69, 9.17) is 17.0 Å². The molecular weight excluding hydrogens is 350 g/mol. The van der Waals surface area contributed by atoms with Crippen LogP contribution in [0.15, 0.2) is 24.3 Å². The van der Waals surface area contributed by atoms with Crippen LogP contribution in [-0.2, 0) is 11.3 Å². The number of hydrogen-bond acceptors (Lipinski definition) is 8. The van der Waals surface area contributed by atoms with Crippen molar-refractivity contribution in [1.29, 1.82) is 0 Å². The summed E-state index contributed by atoms with van der Waals surface area (Å²) in [5.74, 6) is -0.00403. The largest absolute Gasteiger partial charge is 0.484 e. The first-order valence-electron chi connectivity index (χ1n) is 7.24. The smallest absolute Gasteiger partial charge is 0.269 e. The Morgan fingerprint density at radius 1 is 1.40 bits per heavy atom. The number of nitrogens with one attached hydrogen (secondary N) is 2. The quantitative estimate of drug-likeness (QED) is 0.416. The number of rotatable bonds is 7. The van der Waals surface area contributed by atoms with E-state index in [1.165, 1.54) is 29.1 Å². The van der Waals surface area contributed by atoms with E-state index in [2.05, 4.69) is 26.0 Å². The first-order chi connectivity index (χ1) is 12.0. The highest BCUT2D eigenvalue weighted by molar-refractivity contribution is 7.80. The Hall–Kier alpha value is -3.15. The highest BCUT2D eigenvalue weighted by Crippen LogP contribution is 2.16. The Balaban J connectivity index is 1.76. The molecule has 2 N–H and O–H groups in total. The van der Waals surface area contributed by atoms with Crippen LogP contribution in [0, 0.1) is 10.1 Å². The lowest BCUT2D eigenvalue weighted by Gasteiger charge is -2.08. The van der Waals surface area contributed by atoms with Crippen molar-refractivity contribution in [2.75, 3.05) is 11.9 Å². The van der Waals surface area contributed by atoms with Gasteiger partial charge in [0.05, 0.1) is 11.5 Å². The lowest BCUT2D eigenvalue weighted by Crippen LogP contribution is -2.37. The summed E-state index contributed by atoms with van der Waals surface area (Å²) in [4.78, 5) is 23.2. The van der Waals surface area contributed by atoms with Crippen molar-refractivity contribution in [2.45, 2.75) is 19.9 Å². The molecule has 0 spiro atoms. The molecule has 25 heavy (non-hydrogen) atoms. The molecular formula is C13H15N7O4S. The number of amides is 1. The van der Waals surface area contributed by atoms with Gasteiger partial charge >= 0.3 is 0 Å². The van der Waals surface area contributed by atoms with Gasteiger partial charge in [-0.15, -0.1) is 5.10 Å². The van der Waals surface area contributed by atoms with Gasteiger partial charge in [-0.1, -0.05) is 12.0 Å². The molecule has 1 amide bonds. The van der Waals surface area contributed by atoms with Crippen molar-refractivity contribution in [3.63, 3.8) is 0 Å². The molecule has 0 aliphatic carbocycles. The molecule has 12 heteroatoms. The van der Waals surface area contributed by atoms with Gasteiger partial charge in [-0.05, 0) is 36.0 Å². The predicted octanol–water partition coefficient (Wildman–Crippen LogP) is 0.883. The van der Waals surface area contributed by atoms with E-state index < -0.39 is 10.8 Å². The number of ether oxygens (including phenoxy) is 1. The topological polar surface area (TPSA) is 137 Å². The minimum Gasteiger partial charge on any atom is -0.484 e. The number of carbonyl (C=O) groups excluding carboxylic acids is 1. The molecule has 11 nitrogen and oxygen atoms in total. The van der Waals surface area contributed by atoms with Crippen molar-refractivity contribution >= 4 is 34.9 Å². The number of tetrazole rings is 1. The Morgan fingerprint density at radius 2 is 2.12 bits per heavy atom. The van der Waals surface area contributed by atoms with Gasteiger partial charge in [0.2, 0.25) is 0 Å². The molecule has 0 saturated carbocycles. The molecule has 0 atom stereocenters. The number of nitrogens with zero attached hydrogens (tertiary/aromatic N) is 5. The van der Waals surface area contributed by atoms with E-state index in [-0.39, 0.29) is 23.4 Å². The van der Waals surface area contributed by atoms with E-state index in [9.17, 15) is 14.9 Å². The standard InChI is InChI=1S/C13H15N7O4S/c1-2-7-19-17-12(16-18-19)15-13(25)14-11(21)8-24-10-5-3-9(4-6-10)20(22)23/h3-6H,2,7-8H2,1H3,(H2,14,15,17,21,25). The van der Waals surface area contributed by atoms with E-state index in [0.717, 1.165) is 6.42 Å². The van der Waals surface area contributed by atoms with Crippen molar-refractivity contribution in [3.8, 4) is 5.75 Å². The number of aryl methyl sites for hydroxylation is 1. The van der Waals surface area contributed by atoms with E-state index in [1.807, 2.05) is 6.92 Å². The third-order valence-electron chi connectivity index (χ3n) is 2.77. The molecule has 0 unspecified atom stereocenters. The first-order valence-corrected chi connectivity index (χ1v) is 7.64. The SMILES string of the molecule is CCCn1nnc(NC(=S)NC(=O)COc2ccc([N+](=O)[O-])cc2)n1. The number of carbonyl (C=O) groups is 1. The van der Waals surface area contributed by atoms with Crippen molar-refractivity contribution < 1.29 is 14.5 Å². The predicted molar refractivity (Wildman–Crippen MR) is 91.1 cm³/mol. The van der Waals surface area contributed by atoms with Gasteiger partial charge in [-0.3, -0.25) is 25.5 Å². The van der Waals surface area contributed by atoms with Crippen LogP contribution in [0.25, 0.3) is 0 Å². The Kier molecular flexibility index (Phi) is 6.28. The zero-order valence-corrected chi connectivity index (χ0v) is 14.0. The number of aromatic nitrogens is 4. The molecule has 0 aliphatic rings. The lowest BCUT2D eigenvalue weighted by molar-refractivity contribution is -0.384. The summed E-state index contributed by atoms with van der Waals surface area (Å²) in [5.41, 5.74) is -0.0641. The summed E-state index contributed by atoms with van der Waals surface area (Å²) in [6.07, 6.45) is 0.858. The van der Waals surface area contributed by atoms with Crippen molar-refractivity contribution in [2.24, 2.45) is 0 Å². The third kappa shape index (κ3) is 5.76. The minimum absolute atomic E-state index is 0.00773. The van der Waals surface area contributed by atoms with Gasteiger partial charge in [-0.25, -0.2) is 0 Å². The second kappa shape index (κ2) is 8.63. The molecule has 1 heterocycles. The summed E-state index contributed by atoms with van der Waals surface area (Å²) in [5, 5.41) is 27.2. The number of nitro benzene ring substituents is 1. The zero-order valence-electron chi connectivity index (χ0n) is 13.2. The average Bonchev–Trinajstić information content (AvgIpc) is 3.00. The molecule has 1 aromatic heterocycles. The molecule has 0 radical (unpaired) electrons. The fraction of sp³-hybridized carbons (Fsp3) is 0.308. The fourth-order valence-electron chi connectivity index (χ4n) is 1.70. The Morgan fingerprint density at radius 3 is 2.76 bits per heavy atom. The molecule has 0 fully saturated rings. The van der Waals surface area contributed by atoms with E-state index >= 15 is 0 Å². The normalized spacial score (nSPS) is 10.1. The summed E-state index contributed by atoms with van der Waals surface area (Å²) in [6, 6.07) is 5.37. The van der Waals surface area contributed by atoms with E-state index in [1.54, 1.807) is 0 Å². The number of hydrogen-bond donors (Lipinski definition) is 2. The minimum atomic E-state index is -0.523. The van der Waals surface area contributed by atoms with Crippen LogP contribution in [0.3, 0.4) is 0 Å². The maximum absolute atomic E-state index is 11.8. The fourth-order valence-corrected chi connectivity index (χ4v) is 1.90. The van der Waals surface area contributed by atoms with Crippen molar-refractivity contribution in [1.82, 2.24) is 25.5 Å². The number of nitro groups is 1. The molecule has 0 saturated heterocycles. The number of thiocarbonyl (C=S) groups is 1. The van der Waals surface area contributed by atoms with Crippen LogP contribution in [0.5, 0.6) is 5.75 Å². The molecule has 0 aliphatic heterocycles. The van der Waals surface area contributed by atoms with Gasteiger partial charge < -0.3 is 4.74 Å². The summed E-state index contributed by atoms with van der Waals surface area (Å²) >= 11 is 4.97. The van der Waals surface area contributed by atoms with Crippen LogP contribution in [0.2, 0.25) is 0 Å². The molecule has 132 valence electrons. The van der Waals surface area contributed by atoms with Crippen molar-refractivity contribution in [3.05, 3.63) is 34.4 Å². The van der Waals surface area contributed by atoms with Gasteiger partial charge in [0, 0.05) is 12.1 Å². The Bertz CT molecular complexity index is 762. The second-order valence-electron chi connectivity index (χ2n) is 4.75. The van der Waals surface area contributed by atoms with Crippen LogP contribution in [0.4, 0.5) is 11.6 Å². The second-order valence-corrected chi connectivity index (χ2v) is 5.16. The van der Waals surface area contributed by atoms with Crippen LogP contribution in [-0.4, -0.2) is 42.8 Å². The monoisotopic (exact) mass is 365 g/mol. The van der Waals surface area contributed by atoms with Gasteiger partial charge in [0.1, 0.15) is 5.75 Å². The molecule has 0 bridgehead atoms. The molecule has 2 rings (SSSR count). The highest BCUT2D eigenvalue weighted by atomic mass is 32.1. The van der Waals surface area contributed by atoms with Gasteiger partial charge in [-0.2, -0.15) is 4.80 Å². The average molecular weight is 365 g/mol. The third-order valence-corrected chi connectivity index (χ3v) is 2.98. The van der Waals surface area contributed by atoms with Crippen LogP contribution < -0.4 is 15.4 Å². The summed E-state index contributed by atoms with van der Waals surface area (Å²) < 4.78 is 5.22. The maximum atomic E-state index is 11.8. The first kappa shape index (κ1) is 18.2. The highest BCUT2D eigenvalue weighted by Gasteiger charge is 2.10. The zero-order chi connectivity index (χ0) is 18.2. The number of benzene rings is 1. The molecule has 2 aromatic rings. The lowest BCUT2D eigenvalue weighted by atomic mass is 10.3. The Labute approximate surface area is 147 Å². The number of non-ortho nitro benzene ring substituents is 1. The summed E-state index contributed by atoms with van der Waals surface area (Å²) in [6.45, 7) is 2.29. The maximum Gasteiger partial charge on any atom is 0.269 e. The van der Waals surface area contributed by atoms with Gasteiger partial charge in [0.15, 0.2) is 11.7 Å². The van der Waals surface area contributed by atoms with Crippen LogP contribution in [0.1, 0.15) is 13.3 Å². The summed E-state index contributed by atoms with van der Waals surface area (Å²) in [7, 11) is 0. The number of anilines is 1. The van der Waals surface area contributed by atoms with Crippen LogP contribution >= 0.6 is 12.2 Å². The van der Waals surface area contributed by atoms with E-state index in [0.29, 0.717) is 12.3 Å².